The molecule has 2 aliphatic heterocycles. The van der Waals surface area contributed by atoms with E-state index in [4.69, 9.17) is 16.4 Å². The minimum atomic E-state index is 0.0161. The Balaban J connectivity index is 1.33. The van der Waals surface area contributed by atoms with E-state index in [-0.39, 0.29) is 11.7 Å². The number of carbonyl (C=O) groups excluding carboxylic acids is 1. The molecule has 7 nitrogen and oxygen atoms in total. The molecule has 2 heterocycles. The molecule has 1 aromatic carbocycles. The van der Waals surface area contributed by atoms with E-state index in [1.807, 2.05) is 16.9 Å². The number of nitrogens with one attached hydrogen (secondary N) is 1. The highest BCUT2D eigenvalue weighted by molar-refractivity contribution is 6.31. The smallest absolute Gasteiger partial charge is 0.246 e. The molecule has 0 bridgehead atoms. The molecule has 8 heteroatoms. The Morgan fingerprint density at radius 2 is 2.07 bits per heavy atom. The van der Waals surface area contributed by atoms with Gasteiger partial charge in [0, 0.05) is 56.9 Å². The van der Waals surface area contributed by atoms with Crippen LogP contribution < -0.4 is 5.32 Å². The number of aromatic hydroxyl groups is 1. The molecule has 0 aliphatic carbocycles. The molecule has 154 valence electrons. The second-order valence-corrected chi connectivity index (χ2v) is 7.55. The van der Waals surface area contributed by atoms with Crippen molar-refractivity contribution in [3.8, 4) is 5.75 Å². The number of benzene rings is 1. The fourth-order valence-corrected chi connectivity index (χ4v) is 3.87. The van der Waals surface area contributed by atoms with E-state index < -0.39 is 0 Å². The fraction of sp³-hybridized carbons (Fsp3) is 0.550. The van der Waals surface area contributed by atoms with Crippen LogP contribution >= 0.6 is 11.6 Å². The largest absolute Gasteiger partial charge is 0.506 e. The molecule has 2 aliphatic rings. The summed E-state index contributed by atoms with van der Waals surface area (Å²) >= 11 is 6.20. The number of halogens is 1. The van der Waals surface area contributed by atoms with Gasteiger partial charge in [0.05, 0.1) is 12.3 Å². The van der Waals surface area contributed by atoms with Crippen molar-refractivity contribution < 1.29 is 14.7 Å². The van der Waals surface area contributed by atoms with E-state index in [1.54, 1.807) is 12.1 Å². The topological polar surface area (TPSA) is 68.3 Å². The zero-order valence-electron chi connectivity index (χ0n) is 16.4. The quantitative estimate of drug-likeness (QED) is 0.389. The van der Waals surface area contributed by atoms with Crippen LogP contribution in [0.1, 0.15) is 12.5 Å². The Bertz CT molecular complexity index is 701. The molecule has 0 aromatic heterocycles. The molecule has 1 amide bonds. The highest BCUT2D eigenvalue weighted by Gasteiger charge is 2.35. The Hall–Kier alpha value is -1.80. The SMILES string of the molecule is C=CC(=O)N1CC(N2CCN(OCCNc3cc(Cl)c(CC)cc3O)CC2)C1. The average molecular weight is 409 g/mol. The number of anilines is 1. The average Bonchev–Trinajstić information content (AvgIpc) is 2.67. The normalized spacial score (nSPS) is 18.7. The molecule has 1 aromatic rings. The molecule has 0 unspecified atom stereocenters. The number of rotatable bonds is 8. The molecule has 2 saturated heterocycles. The summed E-state index contributed by atoms with van der Waals surface area (Å²) in [5.74, 6) is 0.224. The molecule has 3 rings (SSSR count). The predicted molar refractivity (Wildman–Crippen MR) is 111 cm³/mol. The molecule has 2 N–H and O–H groups in total. The van der Waals surface area contributed by atoms with Crippen molar-refractivity contribution in [2.75, 3.05) is 57.7 Å². The summed E-state index contributed by atoms with van der Waals surface area (Å²) in [5.41, 5.74) is 1.56. The number of nitrogens with zero attached hydrogens (tertiary/aromatic N) is 3. The Morgan fingerprint density at radius 3 is 2.71 bits per heavy atom. The van der Waals surface area contributed by atoms with Gasteiger partial charge >= 0.3 is 0 Å². The lowest BCUT2D eigenvalue weighted by molar-refractivity contribution is -0.180. The standard InChI is InChI=1S/C20H29ClN4O3/c1-3-15-11-19(26)18(12-17(15)21)22-5-10-28-25-8-6-23(7-9-25)16-13-24(14-16)20(27)4-2/h4,11-12,16,22,26H,2-3,5-10,13-14H2,1H3. The van der Waals surface area contributed by atoms with Crippen molar-refractivity contribution in [2.24, 2.45) is 0 Å². The number of phenols is 1. The first-order valence-corrected chi connectivity index (χ1v) is 10.2. The number of likely N-dealkylation sites (tertiary alicyclic amines) is 1. The van der Waals surface area contributed by atoms with Gasteiger partial charge in [0.1, 0.15) is 5.75 Å². The van der Waals surface area contributed by atoms with E-state index in [1.165, 1.54) is 6.08 Å². The molecule has 28 heavy (non-hydrogen) atoms. The minimum absolute atomic E-state index is 0.0161. The van der Waals surface area contributed by atoms with Crippen LogP contribution in [0, 0.1) is 0 Å². The molecule has 0 radical (unpaired) electrons. The van der Waals surface area contributed by atoms with Crippen LogP contribution in [0.5, 0.6) is 5.75 Å². The third kappa shape index (κ3) is 4.97. The van der Waals surface area contributed by atoms with Gasteiger partial charge in [0.2, 0.25) is 5.91 Å². The zero-order chi connectivity index (χ0) is 20.1. The number of amides is 1. The van der Waals surface area contributed by atoms with E-state index >= 15 is 0 Å². The number of aryl methyl sites for hydroxylation is 1. The maximum atomic E-state index is 11.5. The van der Waals surface area contributed by atoms with Crippen LogP contribution in [-0.4, -0.2) is 84.3 Å². The van der Waals surface area contributed by atoms with Gasteiger partial charge in [-0.05, 0) is 30.2 Å². The first kappa shape index (κ1) is 20.9. The second-order valence-electron chi connectivity index (χ2n) is 7.14. The Morgan fingerprint density at radius 1 is 1.36 bits per heavy atom. The summed E-state index contributed by atoms with van der Waals surface area (Å²) in [5, 5.41) is 15.9. The van der Waals surface area contributed by atoms with Crippen LogP contribution in [-0.2, 0) is 16.1 Å². The van der Waals surface area contributed by atoms with Gasteiger partial charge in [-0.1, -0.05) is 25.1 Å². The number of piperazine rings is 1. The maximum absolute atomic E-state index is 11.5. The molecule has 0 atom stereocenters. The maximum Gasteiger partial charge on any atom is 0.246 e. The molecule has 0 spiro atoms. The molecule has 2 fully saturated rings. The monoisotopic (exact) mass is 408 g/mol. The van der Waals surface area contributed by atoms with Crippen molar-refractivity contribution in [1.82, 2.24) is 14.9 Å². The lowest BCUT2D eigenvalue weighted by atomic mass is 10.1. The van der Waals surface area contributed by atoms with Gasteiger partial charge in [0.25, 0.3) is 0 Å². The third-order valence-corrected chi connectivity index (χ3v) is 5.73. The highest BCUT2D eigenvalue weighted by Crippen LogP contribution is 2.30. The van der Waals surface area contributed by atoms with Crippen LogP contribution in [0.25, 0.3) is 0 Å². The third-order valence-electron chi connectivity index (χ3n) is 5.38. The van der Waals surface area contributed by atoms with Crippen LogP contribution in [0.15, 0.2) is 24.8 Å². The summed E-state index contributed by atoms with van der Waals surface area (Å²) in [6.45, 7) is 11.8. The number of phenolic OH excluding ortho intramolecular Hbond substituents is 1. The summed E-state index contributed by atoms with van der Waals surface area (Å²) in [6.07, 6.45) is 2.16. The van der Waals surface area contributed by atoms with Crippen molar-refractivity contribution in [3.05, 3.63) is 35.4 Å². The summed E-state index contributed by atoms with van der Waals surface area (Å²) in [6, 6.07) is 3.91. The number of hydrogen-bond acceptors (Lipinski definition) is 6. The second kappa shape index (κ2) is 9.60. The van der Waals surface area contributed by atoms with Crippen molar-refractivity contribution >= 4 is 23.2 Å². The summed E-state index contributed by atoms with van der Waals surface area (Å²) < 4.78 is 0. The molecule has 0 saturated carbocycles. The van der Waals surface area contributed by atoms with Crippen molar-refractivity contribution in [2.45, 2.75) is 19.4 Å². The fourth-order valence-electron chi connectivity index (χ4n) is 3.57. The molecular formula is C20H29ClN4O3. The van der Waals surface area contributed by atoms with Gasteiger partial charge in [-0.2, -0.15) is 5.06 Å². The first-order chi connectivity index (χ1) is 13.5. The molecular weight excluding hydrogens is 380 g/mol. The lowest BCUT2D eigenvalue weighted by Gasteiger charge is -2.47. The lowest BCUT2D eigenvalue weighted by Crippen LogP contribution is -2.63. The summed E-state index contributed by atoms with van der Waals surface area (Å²) in [4.78, 5) is 21.6. The Labute approximate surface area is 171 Å². The van der Waals surface area contributed by atoms with E-state index in [0.29, 0.717) is 29.9 Å². The minimum Gasteiger partial charge on any atom is -0.506 e. The van der Waals surface area contributed by atoms with Gasteiger partial charge in [-0.15, -0.1) is 0 Å². The highest BCUT2D eigenvalue weighted by atomic mass is 35.5. The number of hydroxylamine groups is 2. The number of hydrogen-bond donors (Lipinski definition) is 2. The van der Waals surface area contributed by atoms with Crippen molar-refractivity contribution in [1.29, 1.82) is 0 Å². The number of carbonyl (C=O) groups is 1. The Kier molecular flexibility index (Phi) is 7.18. The van der Waals surface area contributed by atoms with Gasteiger partial charge < -0.3 is 15.3 Å². The van der Waals surface area contributed by atoms with Gasteiger partial charge in [-0.25, -0.2) is 0 Å². The van der Waals surface area contributed by atoms with Gasteiger partial charge in [0.15, 0.2) is 0 Å². The zero-order valence-corrected chi connectivity index (χ0v) is 17.1. The van der Waals surface area contributed by atoms with E-state index in [9.17, 15) is 9.90 Å². The van der Waals surface area contributed by atoms with Crippen LogP contribution in [0.2, 0.25) is 5.02 Å². The first-order valence-electron chi connectivity index (χ1n) is 9.80. The van der Waals surface area contributed by atoms with E-state index in [0.717, 1.165) is 51.3 Å². The van der Waals surface area contributed by atoms with Crippen LogP contribution in [0.4, 0.5) is 5.69 Å². The van der Waals surface area contributed by atoms with Crippen molar-refractivity contribution in [3.63, 3.8) is 0 Å². The predicted octanol–water partition coefficient (Wildman–Crippen LogP) is 1.97. The van der Waals surface area contributed by atoms with E-state index in [2.05, 4.69) is 16.8 Å². The van der Waals surface area contributed by atoms with Gasteiger partial charge in [-0.3, -0.25) is 14.5 Å². The van der Waals surface area contributed by atoms with Crippen LogP contribution in [0.3, 0.4) is 0 Å². The summed E-state index contributed by atoms with van der Waals surface area (Å²) in [7, 11) is 0.